The third-order valence-corrected chi connectivity index (χ3v) is 6.23. The summed E-state index contributed by atoms with van der Waals surface area (Å²) in [6, 6.07) is 18.3. The summed E-state index contributed by atoms with van der Waals surface area (Å²) in [6.07, 6.45) is -0.197. The van der Waals surface area contributed by atoms with E-state index in [2.05, 4.69) is 26.6 Å². The van der Waals surface area contributed by atoms with Crippen molar-refractivity contribution >= 4 is 45.1 Å². The highest BCUT2D eigenvalue weighted by atomic mass is 79.9. The van der Waals surface area contributed by atoms with Gasteiger partial charge in [-0.3, -0.25) is 14.4 Å². The fraction of sp³-hybridized carbons (Fsp3) is 0.222. The summed E-state index contributed by atoms with van der Waals surface area (Å²) in [5.41, 5.74) is 4.19. The molecule has 2 N–H and O–H groups in total. The number of hydrogen-bond donors (Lipinski definition) is 2. The van der Waals surface area contributed by atoms with E-state index in [1.807, 2.05) is 51.1 Å². The van der Waals surface area contributed by atoms with Crippen molar-refractivity contribution in [3.05, 3.63) is 81.8 Å². The van der Waals surface area contributed by atoms with Crippen molar-refractivity contribution in [1.29, 1.82) is 0 Å². The van der Waals surface area contributed by atoms with Crippen molar-refractivity contribution in [2.75, 3.05) is 17.2 Å². The molecular weight excluding hydrogens is 512 g/mol. The Morgan fingerprint density at radius 3 is 2.23 bits per heavy atom. The summed E-state index contributed by atoms with van der Waals surface area (Å²) in [4.78, 5) is 36.3. The van der Waals surface area contributed by atoms with Gasteiger partial charge in [0.15, 0.2) is 6.61 Å². The summed E-state index contributed by atoms with van der Waals surface area (Å²) in [5, 5.41) is 5.46. The molecule has 35 heavy (non-hydrogen) atoms. The molecule has 0 aliphatic heterocycles. The molecule has 0 aliphatic carbocycles. The molecule has 182 valence electrons. The number of anilines is 2. The lowest BCUT2D eigenvalue weighted by atomic mass is 10.1. The lowest BCUT2D eigenvalue weighted by molar-refractivity contribution is -0.147. The molecule has 0 bridgehead atoms. The van der Waals surface area contributed by atoms with E-state index in [-0.39, 0.29) is 18.7 Å². The van der Waals surface area contributed by atoms with E-state index in [9.17, 15) is 14.4 Å². The Balaban J connectivity index is 1.39. The first kappa shape index (κ1) is 26.0. The van der Waals surface area contributed by atoms with Gasteiger partial charge in [-0.15, -0.1) is 0 Å². The molecule has 0 aromatic heterocycles. The van der Waals surface area contributed by atoms with E-state index in [1.54, 1.807) is 30.3 Å². The van der Waals surface area contributed by atoms with Crippen molar-refractivity contribution < 1.29 is 23.9 Å². The molecule has 0 atom stereocenters. The van der Waals surface area contributed by atoms with E-state index < -0.39 is 18.5 Å². The summed E-state index contributed by atoms with van der Waals surface area (Å²) in [5.74, 6) is 0.00719. The van der Waals surface area contributed by atoms with Crippen LogP contribution < -0.4 is 15.4 Å². The van der Waals surface area contributed by atoms with Gasteiger partial charge < -0.3 is 20.1 Å². The van der Waals surface area contributed by atoms with Gasteiger partial charge in [0.05, 0.1) is 6.42 Å². The Bertz CT molecular complexity index is 1220. The molecule has 8 heteroatoms. The van der Waals surface area contributed by atoms with Gasteiger partial charge in [0, 0.05) is 22.3 Å². The number of para-hydroxylation sites is 1. The maximum atomic E-state index is 12.2. The maximum Gasteiger partial charge on any atom is 0.306 e. The fourth-order valence-corrected chi connectivity index (χ4v) is 3.60. The molecule has 3 aromatic rings. The molecule has 2 amide bonds. The minimum Gasteiger partial charge on any atom is -0.457 e. The second-order valence-electron chi connectivity index (χ2n) is 7.99. The molecule has 7 nitrogen and oxygen atoms in total. The number of rotatable bonds is 9. The lowest BCUT2D eigenvalue weighted by Crippen LogP contribution is -2.22. The van der Waals surface area contributed by atoms with Crippen LogP contribution in [0, 0.1) is 20.8 Å². The van der Waals surface area contributed by atoms with Crippen LogP contribution in [0.3, 0.4) is 0 Å². The molecule has 0 saturated heterocycles. The SMILES string of the molecule is Cc1ccccc1Oc1ccc(NC(=O)CCC(=O)OCC(=O)Nc2ccc(Br)c(C)c2C)cc1. The molecule has 0 unspecified atom stereocenters. The highest BCUT2D eigenvalue weighted by Crippen LogP contribution is 2.26. The van der Waals surface area contributed by atoms with Crippen LogP contribution in [0.4, 0.5) is 11.4 Å². The topological polar surface area (TPSA) is 93.7 Å². The molecule has 3 aromatic carbocycles. The largest absolute Gasteiger partial charge is 0.457 e. The smallest absolute Gasteiger partial charge is 0.306 e. The van der Waals surface area contributed by atoms with Crippen LogP contribution >= 0.6 is 15.9 Å². The first-order valence-corrected chi connectivity index (χ1v) is 11.9. The minimum absolute atomic E-state index is 0.0626. The number of ether oxygens (including phenoxy) is 2. The highest BCUT2D eigenvalue weighted by Gasteiger charge is 2.13. The number of aryl methyl sites for hydroxylation is 1. The second-order valence-corrected chi connectivity index (χ2v) is 8.85. The Morgan fingerprint density at radius 1 is 0.800 bits per heavy atom. The molecule has 0 aliphatic rings. The van der Waals surface area contributed by atoms with Gasteiger partial charge in [0.1, 0.15) is 11.5 Å². The summed E-state index contributed by atoms with van der Waals surface area (Å²) in [7, 11) is 0. The highest BCUT2D eigenvalue weighted by molar-refractivity contribution is 9.10. The van der Waals surface area contributed by atoms with Gasteiger partial charge >= 0.3 is 5.97 Å². The van der Waals surface area contributed by atoms with Crippen molar-refractivity contribution in [1.82, 2.24) is 0 Å². The molecule has 0 heterocycles. The van der Waals surface area contributed by atoms with Crippen LogP contribution in [0.1, 0.15) is 29.5 Å². The average Bonchev–Trinajstić information content (AvgIpc) is 2.84. The van der Waals surface area contributed by atoms with Crippen LogP contribution in [0.15, 0.2) is 65.1 Å². The Morgan fingerprint density at radius 2 is 1.51 bits per heavy atom. The molecule has 0 spiro atoms. The van der Waals surface area contributed by atoms with Gasteiger partial charge in [-0.1, -0.05) is 34.1 Å². The average molecular weight is 539 g/mol. The van der Waals surface area contributed by atoms with Crippen LogP contribution in [-0.2, 0) is 19.1 Å². The van der Waals surface area contributed by atoms with Gasteiger partial charge in [0.25, 0.3) is 5.91 Å². The normalized spacial score (nSPS) is 10.4. The number of carbonyl (C=O) groups excluding carboxylic acids is 3. The summed E-state index contributed by atoms with van der Waals surface area (Å²) < 4.78 is 11.8. The van der Waals surface area contributed by atoms with E-state index in [1.165, 1.54) is 0 Å². The van der Waals surface area contributed by atoms with Gasteiger partial charge in [-0.05, 0) is 79.9 Å². The number of carbonyl (C=O) groups is 3. The first-order valence-electron chi connectivity index (χ1n) is 11.1. The van der Waals surface area contributed by atoms with E-state index in [0.717, 1.165) is 26.9 Å². The monoisotopic (exact) mass is 538 g/mol. The number of esters is 1. The maximum absolute atomic E-state index is 12.2. The third-order valence-electron chi connectivity index (χ3n) is 5.38. The summed E-state index contributed by atoms with van der Waals surface area (Å²) in [6.45, 7) is 5.38. The number of amides is 2. The standard InChI is InChI=1S/C27H27BrN2O5/c1-17-6-4-5-7-24(17)35-21-10-8-20(9-11-21)29-25(31)14-15-27(33)34-16-26(32)30-23-13-12-22(28)18(2)19(23)3/h4-13H,14-16H2,1-3H3,(H,29,31)(H,30,32). The lowest BCUT2D eigenvalue weighted by Gasteiger charge is -2.12. The number of nitrogens with one attached hydrogen (secondary N) is 2. The number of hydrogen-bond acceptors (Lipinski definition) is 5. The Kier molecular flexibility index (Phi) is 9.03. The number of halogens is 1. The predicted octanol–water partition coefficient (Wildman–Crippen LogP) is 6.07. The molecule has 0 radical (unpaired) electrons. The van der Waals surface area contributed by atoms with Crippen molar-refractivity contribution in [2.45, 2.75) is 33.6 Å². The van der Waals surface area contributed by atoms with Crippen LogP contribution in [-0.4, -0.2) is 24.4 Å². The van der Waals surface area contributed by atoms with Crippen molar-refractivity contribution in [3.8, 4) is 11.5 Å². The Hall–Kier alpha value is -3.65. The van der Waals surface area contributed by atoms with Crippen LogP contribution in [0.5, 0.6) is 11.5 Å². The zero-order valence-electron chi connectivity index (χ0n) is 19.8. The second kappa shape index (κ2) is 12.2. The van der Waals surface area contributed by atoms with E-state index in [0.29, 0.717) is 17.1 Å². The van der Waals surface area contributed by atoms with Gasteiger partial charge in [-0.2, -0.15) is 0 Å². The van der Waals surface area contributed by atoms with Gasteiger partial charge in [0.2, 0.25) is 5.91 Å². The quantitative estimate of drug-likeness (QED) is 0.322. The van der Waals surface area contributed by atoms with E-state index >= 15 is 0 Å². The van der Waals surface area contributed by atoms with Gasteiger partial charge in [-0.25, -0.2) is 0 Å². The van der Waals surface area contributed by atoms with Crippen LogP contribution in [0.2, 0.25) is 0 Å². The van der Waals surface area contributed by atoms with E-state index in [4.69, 9.17) is 9.47 Å². The zero-order valence-corrected chi connectivity index (χ0v) is 21.4. The number of benzene rings is 3. The Labute approximate surface area is 213 Å². The van der Waals surface area contributed by atoms with Crippen molar-refractivity contribution in [3.63, 3.8) is 0 Å². The zero-order chi connectivity index (χ0) is 25.4. The molecule has 3 rings (SSSR count). The minimum atomic E-state index is -0.624. The first-order chi connectivity index (χ1) is 16.7. The molecular formula is C27H27BrN2O5. The molecule has 0 fully saturated rings. The van der Waals surface area contributed by atoms with Crippen molar-refractivity contribution in [2.24, 2.45) is 0 Å². The van der Waals surface area contributed by atoms with Crippen LogP contribution in [0.25, 0.3) is 0 Å². The fourth-order valence-electron chi connectivity index (χ4n) is 3.17. The predicted molar refractivity (Wildman–Crippen MR) is 139 cm³/mol. The summed E-state index contributed by atoms with van der Waals surface area (Å²) >= 11 is 3.44. The third kappa shape index (κ3) is 7.68. The molecule has 0 saturated carbocycles.